The minimum absolute atomic E-state index is 0.193. The summed E-state index contributed by atoms with van der Waals surface area (Å²) in [6.07, 6.45) is 1.12. The van der Waals surface area contributed by atoms with Gasteiger partial charge in [-0.15, -0.1) is 0 Å². The van der Waals surface area contributed by atoms with Crippen LogP contribution in [0.3, 0.4) is 0 Å². The Balaban J connectivity index is 1.27. The molecule has 0 bridgehead atoms. The number of nitrogens with zero attached hydrogens (tertiary/aromatic N) is 2. The van der Waals surface area contributed by atoms with Gasteiger partial charge in [-0.25, -0.2) is 9.37 Å². The van der Waals surface area contributed by atoms with E-state index >= 15 is 0 Å². The van der Waals surface area contributed by atoms with Crippen molar-refractivity contribution in [3.8, 4) is 17.1 Å². The molecule has 0 saturated carbocycles. The van der Waals surface area contributed by atoms with E-state index in [-0.39, 0.29) is 12.1 Å². The molecule has 1 fully saturated rings. The maximum absolute atomic E-state index is 13.2. The van der Waals surface area contributed by atoms with Gasteiger partial charge in [0.15, 0.2) is 0 Å². The van der Waals surface area contributed by atoms with Crippen LogP contribution >= 0.6 is 15.9 Å². The van der Waals surface area contributed by atoms with E-state index in [0.29, 0.717) is 43.4 Å². The van der Waals surface area contributed by atoms with Crippen molar-refractivity contribution in [3.05, 3.63) is 68.0 Å². The number of aliphatic hydroxyl groups excluding tert-OH is 1. The van der Waals surface area contributed by atoms with Gasteiger partial charge < -0.3 is 34.8 Å². The van der Waals surface area contributed by atoms with Crippen molar-refractivity contribution in [2.24, 2.45) is 0 Å². The van der Waals surface area contributed by atoms with E-state index < -0.39 is 18.9 Å². The maximum Gasteiger partial charge on any atom is 0.261 e. The molecular weight excluding hydrogens is 569 g/mol. The number of H-pyrrole nitrogens is 2. The van der Waals surface area contributed by atoms with E-state index in [1.165, 1.54) is 0 Å². The van der Waals surface area contributed by atoms with Gasteiger partial charge in [-0.05, 0) is 69.9 Å². The first-order valence-electron chi connectivity index (χ1n) is 12.9. The topological polar surface area (TPSA) is 115 Å². The number of hydrogen-bond acceptors (Lipinski definition) is 7. The Morgan fingerprint density at radius 2 is 2.18 bits per heavy atom. The Labute approximate surface area is 232 Å². The molecule has 0 amide bonds. The number of morpholine rings is 1. The van der Waals surface area contributed by atoms with Gasteiger partial charge in [0.1, 0.15) is 29.9 Å². The van der Waals surface area contributed by atoms with E-state index in [0.717, 1.165) is 50.1 Å². The summed E-state index contributed by atoms with van der Waals surface area (Å²) in [6, 6.07) is 9.58. The summed E-state index contributed by atoms with van der Waals surface area (Å²) in [5.74, 6) is 1.25. The molecule has 2 aromatic carbocycles. The number of halogens is 2. The maximum atomic E-state index is 13.2. The minimum Gasteiger partial charge on any atom is -0.492 e. The van der Waals surface area contributed by atoms with Crippen molar-refractivity contribution in [1.29, 1.82) is 0 Å². The number of imidazole rings is 1. The first kappa shape index (κ1) is 25.8. The number of aromatic amines is 2. The molecule has 0 aliphatic carbocycles. The third kappa shape index (κ3) is 5.02. The molecule has 2 unspecified atom stereocenters. The molecule has 0 radical (unpaired) electrons. The van der Waals surface area contributed by atoms with Crippen LogP contribution in [0.5, 0.6) is 5.75 Å². The summed E-state index contributed by atoms with van der Waals surface area (Å²) >= 11 is 3.53. The number of aliphatic hydroxyl groups is 1. The number of alkyl halides is 1. The molecule has 2 aromatic heterocycles. The highest BCUT2D eigenvalue weighted by molar-refractivity contribution is 9.10. The fraction of sp³-hybridized carbons (Fsp3) is 0.357. The lowest BCUT2D eigenvalue weighted by Gasteiger charge is -2.33. The number of ether oxygens (including phenoxy) is 2. The van der Waals surface area contributed by atoms with Crippen LogP contribution < -0.4 is 20.5 Å². The first-order valence-corrected chi connectivity index (χ1v) is 13.7. The van der Waals surface area contributed by atoms with E-state index in [1.807, 2.05) is 31.2 Å². The van der Waals surface area contributed by atoms with Gasteiger partial charge in [-0.2, -0.15) is 0 Å². The van der Waals surface area contributed by atoms with E-state index in [1.54, 1.807) is 12.3 Å². The zero-order valence-electron chi connectivity index (χ0n) is 21.4. The van der Waals surface area contributed by atoms with Crippen molar-refractivity contribution in [2.75, 3.05) is 49.7 Å². The second-order valence-corrected chi connectivity index (χ2v) is 10.8. The summed E-state index contributed by atoms with van der Waals surface area (Å²) < 4.78 is 25.1. The highest BCUT2D eigenvalue weighted by atomic mass is 79.9. The predicted molar refractivity (Wildman–Crippen MR) is 152 cm³/mol. The second-order valence-electron chi connectivity index (χ2n) is 9.92. The van der Waals surface area contributed by atoms with Crippen LogP contribution in [0.2, 0.25) is 0 Å². The summed E-state index contributed by atoms with van der Waals surface area (Å²) in [6.45, 7) is 3.88. The molecule has 4 heterocycles. The Hall–Kier alpha value is -3.41. The third-order valence-electron chi connectivity index (χ3n) is 7.27. The Morgan fingerprint density at radius 1 is 1.31 bits per heavy atom. The van der Waals surface area contributed by atoms with Gasteiger partial charge in [-0.3, -0.25) is 4.79 Å². The molecule has 2 aliphatic rings. The molecule has 9 nitrogen and oxygen atoms in total. The molecule has 4 N–H and O–H groups in total. The van der Waals surface area contributed by atoms with Gasteiger partial charge in [0, 0.05) is 37.9 Å². The number of anilines is 2. The van der Waals surface area contributed by atoms with Crippen LogP contribution in [0.15, 0.2) is 45.8 Å². The fourth-order valence-electron chi connectivity index (χ4n) is 5.28. The predicted octanol–water partition coefficient (Wildman–Crippen LogP) is 4.24. The van der Waals surface area contributed by atoms with Gasteiger partial charge in [-0.1, -0.05) is 0 Å². The van der Waals surface area contributed by atoms with Crippen LogP contribution in [0, 0.1) is 6.92 Å². The van der Waals surface area contributed by atoms with Crippen molar-refractivity contribution in [3.63, 3.8) is 0 Å². The fourth-order valence-corrected chi connectivity index (χ4v) is 5.91. The van der Waals surface area contributed by atoms with Crippen LogP contribution in [-0.2, 0) is 11.2 Å². The average Bonchev–Trinajstić information content (AvgIpc) is 3.59. The molecular formula is C28H29BrFN5O4. The zero-order chi connectivity index (χ0) is 27.1. The highest BCUT2D eigenvalue weighted by Gasteiger charge is 2.23. The van der Waals surface area contributed by atoms with Gasteiger partial charge in [0.05, 0.1) is 40.5 Å². The monoisotopic (exact) mass is 597 g/mol. The van der Waals surface area contributed by atoms with Gasteiger partial charge >= 0.3 is 0 Å². The molecule has 2 atom stereocenters. The number of benzene rings is 2. The zero-order valence-corrected chi connectivity index (χ0v) is 23.0. The Kier molecular flexibility index (Phi) is 7.05. The number of hydrogen-bond donors (Lipinski definition) is 4. The molecule has 39 heavy (non-hydrogen) atoms. The smallest absolute Gasteiger partial charge is 0.261 e. The number of aromatic nitrogens is 3. The van der Waals surface area contributed by atoms with Crippen LogP contribution in [0.4, 0.5) is 15.8 Å². The summed E-state index contributed by atoms with van der Waals surface area (Å²) in [5, 5.41) is 14.2. The van der Waals surface area contributed by atoms with Crippen molar-refractivity contribution >= 4 is 38.3 Å². The molecule has 4 aromatic rings. The Bertz CT molecular complexity index is 1590. The number of fused-ring (bicyclic) bond motifs is 2. The number of rotatable bonds is 7. The van der Waals surface area contributed by atoms with Crippen molar-refractivity contribution in [2.45, 2.75) is 25.6 Å². The quantitative estimate of drug-likeness (QED) is 0.252. The third-order valence-corrected chi connectivity index (χ3v) is 7.86. The second kappa shape index (κ2) is 10.6. The normalized spacial score (nSPS) is 17.7. The number of nitrogens with one attached hydrogen (secondary N) is 3. The van der Waals surface area contributed by atoms with Gasteiger partial charge in [0.25, 0.3) is 5.56 Å². The van der Waals surface area contributed by atoms with Crippen LogP contribution in [0.25, 0.3) is 22.4 Å². The average molecular weight is 598 g/mol. The lowest BCUT2D eigenvalue weighted by molar-refractivity contribution is 0.0247. The summed E-state index contributed by atoms with van der Waals surface area (Å²) in [4.78, 5) is 25.9. The lowest BCUT2D eigenvalue weighted by Crippen LogP contribution is -2.43. The molecule has 1 saturated heterocycles. The number of aryl methyl sites for hydroxylation is 1. The molecule has 0 spiro atoms. The highest BCUT2D eigenvalue weighted by Crippen LogP contribution is 2.37. The molecule has 11 heteroatoms. The Morgan fingerprint density at radius 3 is 3.03 bits per heavy atom. The van der Waals surface area contributed by atoms with Crippen molar-refractivity contribution in [1.82, 2.24) is 15.0 Å². The van der Waals surface area contributed by atoms with Crippen LogP contribution in [-0.4, -0.2) is 65.7 Å². The largest absolute Gasteiger partial charge is 0.492 e. The standard InChI is InChI=1S/C28H29BrFN5O4/c1-15-8-18(35-5-7-38-19(12-30)14-35)11-22-25(15)34-27(33-22)24-21(2-4-31-28(24)37)32-13-23(36)17-9-16-3-6-39-26(16)20(29)10-17/h2,4,8-11,19,23,36H,3,5-7,12-14H2,1H3,(H,33,34)(H2,31,32,37). The van der Waals surface area contributed by atoms with E-state index in [9.17, 15) is 14.3 Å². The number of pyridine rings is 1. The minimum atomic E-state index is -0.804. The first-order chi connectivity index (χ1) is 18.9. The van der Waals surface area contributed by atoms with Gasteiger partial charge in [0.2, 0.25) is 0 Å². The SMILES string of the molecule is Cc1cc(N2CCOC(CF)C2)cc2[nH]c(-c3c(NCC(O)c4cc(Br)c5c(c4)CCO5)cc[nH]c3=O)nc12. The molecule has 204 valence electrons. The van der Waals surface area contributed by atoms with Crippen molar-refractivity contribution < 1.29 is 19.0 Å². The summed E-state index contributed by atoms with van der Waals surface area (Å²) in [7, 11) is 0. The lowest BCUT2D eigenvalue weighted by atomic mass is 10.0. The molecule has 2 aliphatic heterocycles. The summed E-state index contributed by atoms with van der Waals surface area (Å²) in [5.41, 5.74) is 5.85. The molecule has 6 rings (SSSR count). The van der Waals surface area contributed by atoms with Crippen LogP contribution in [0.1, 0.15) is 22.8 Å². The van der Waals surface area contributed by atoms with E-state index in [2.05, 4.69) is 36.1 Å². The van der Waals surface area contributed by atoms with E-state index in [4.69, 9.17) is 14.5 Å².